The number of imidazole rings is 1. The number of thioether (sulfide) groups is 1. The number of amides is 1. The standard InChI is InChI=1S/C23H32N6O2S.C8H9Cl.C5H10N2O/c1-4-19(31)9-7-5-6-8-10-21-24-13-18(28-21)11-17-12-22(27-16(3)26-17)29-23-25-14-20(32-23)15(2)30;1-6-4-3-5-8(9)7(6)2;1-7-2-4(3-7)5(6)8/h12-13,20H,4-11,14H2,1-3H3,(H,24,28)(H,25,26,27,29);3-5H,1-2H3;4H,2-3H2,1H3,(H2,6,8). The monoisotopic (exact) mass is 710 g/mol. The van der Waals surface area contributed by atoms with Crippen molar-refractivity contribution in [3.8, 4) is 0 Å². The number of halogens is 1. The lowest BCUT2D eigenvalue weighted by Gasteiger charge is -2.33. The number of likely N-dealkylation sites (tertiary alicyclic amines) is 1. The van der Waals surface area contributed by atoms with Gasteiger partial charge >= 0.3 is 0 Å². The fraction of sp³-hybridized carbons (Fsp3) is 0.528. The van der Waals surface area contributed by atoms with Crippen molar-refractivity contribution in [1.29, 1.82) is 0 Å². The quantitative estimate of drug-likeness (QED) is 0.180. The van der Waals surface area contributed by atoms with Crippen LogP contribution in [0.5, 0.6) is 0 Å². The molecule has 13 heteroatoms. The number of anilines is 1. The third kappa shape index (κ3) is 14.0. The van der Waals surface area contributed by atoms with Crippen molar-refractivity contribution in [2.75, 3.05) is 32.0 Å². The maximum absolute atomic E-state index is 11.5. The molecule has 1 fully saturated rings. The van der Waals surface area contributed by atoms with Crippen LogP contribution in [0.2, 0.25) is 5.02 Å². The van der Waals surface area contributed by atoms with Crippen LogP contribution >= 0.6 is 23.4 Å². The summed E-state index contributed by atoms with van der Waals surface area (Å²) in [6.45, 7) is 11.7. The Morgan fingerprint density at radius 1 is 1.10 bits per heavy atom. The molecule has 1 saturated heterocycles. The Labute approximate surface area is 299 Å². The summed E-state index contributed by atoms with van der Waals surface area (Å²) in [6, 6.07) is 7.84. The highest BCUT2D eigenvalue weighted by atomic mass is 35.5. The van der Waals surface area contributed by atoms with Crippen molar-refractivity contribution in [3.63, 3.8) is 0 Å². The fourth-order valence-electron chi connectivity index (χ4n) is 5.11. The van der Waals surface area contributed by atoms with E-state index in [1.165, 1.54) is 22.9 Å². The number of rotatable bonds is 13. The number of carbonyl (C=O) groups excluding carboxylic acids is 3. The minimum absolute atomic E-state index is 0.109. The molecule has 2 aliphatic rings. The van der Waals surface area contributed by atoms with Crippen LogP contribution in [0.1, 0.15) is 86.5 Å². The highest BCUT2D eigenvalue weighted by molar-refractivity contribution is 8.15. The lowest BCUT2D eigenvalue weighted by atomic mass is 10.0. The lowest BCUT2D eigenvalue weighted by Crippen LogP contribution is -2.50. The molecule has 4 heterocycles. The van der Waals surface area contributed by atoms with Gasteiger partial charge < -0.3 is 20.9 Å². The number of amidine groups is 1. The number of H-pyrrole nitrogens is 1. The number of nitrogens with two attached hydrogens (primary N) is 1. The highest BCUT2D eigenvalue weighted by Crippen LogP contribution is 2.23. The van der Waals surface area contributed by atoms with Crippen LogP contribution in [0.25, 0.3) is 0 Å². The van der Waals surface area contributed by atoms with Gasteiger partial charge in [0.15, 0.2) is 5.17 Å². The normalized spacial score (nSPS) is 15.7. The smallest absolute Gasteiger partial charge is 0.223 e. The zero-order chi connectivity index (χ0) is 35.9. The predicted molar refractivity (Wildman–Crippen MR) is 199 cm³/mol. The van der Waals surface area contributed by atoms with E-state index in [1.807, 2.05) is 52.2 Å². The molecule has 1 unspecified atom stereocenters. The minimum Gasteiger partial charge on any atom is -0.369 e. The number of aryl methyl sites for hydroxylation is 3. The predicted octanol–water partition coefficient (Wildman–Crippen LogP) is 6.03. The van der Waals surface area contributed by atoms with Crippen LogP contribution in [0.15, 0.2) is 35.5 Å². The van der Waals surface area contributed by atoms with E-state index in [9.17, 15) is 14.4 Å². The number of benzene rings is 1. The van der Waals surface area contributed by atoms with E-state index >= 15 is 0 Å². The maximum atomic E-state index is 11.5. The Bertz CT molecular complexity index is 1570. The molecular weight excluding hydrogens is 660 g/mol. The number of hydrogen-bond donors (Lipinski definition) is 3. The van der Waals surface area contributed by atoms with Crippen molar-refractivity contribution in [1.82, 2.24) is 24.8 Å². The topological polar surface area (TPSA) is 159 Å². The Morgan fingerprint density at radius 2 is 1.84 bits per heavy atom. The molecule has 266 valence electrons. The molecule has 1 atom stereocenters. The van der Waals surface area contributed by atoms with Gasteiger partial charge in [-0.25, -0.2) is 15.0 Å². The fourth-order valence-corrected chi connectivity index (χ4v) is 6.23. The lowest BCUT2D eigenvalue weighted by molar-refractivity contribution is -0.126. The van der Waals surface area contributed by atoms with Crippen molar-refractivity contribution < 1.29 is 14.4 Å². The molecule has 0 radical (unpaired) electrons. The molecule has 2 aliphatic heterocycles. The average Bonchev–Trinajstić information content (AvgIpc) is 3.69. The number of aromatic amines is 1. The minimum atomic E-state index is -0.164. The van der Waals surface area contributed by atoms with E-state index in [2.05, 4.69) is 48.1 Å². The van der Waals surface area contributed by atoms with Gasteiger partial charge in [-0.2, -0.15) is 0 Å². The molecule has 0 spiro atoms. The van der Waals surface area contributed by atoms with E-state index in [0.29, 0.717) is 43.2 Å². The summed E-state index contributed by atoms with van der Waals surface area (Å²) in [7, 11) is 1.97. The van der Waals surface area contributed by atoms with Crippen LogP contribution in [0.3, 0.4) is 0 Å². The van der Waals surface area contributed by atoms with Crippen LogP contribution in [0, 0.1) is 26.7 Å². The number of aliphatic imine (C=N–C) groups is 1. The summed E-state index contributed by atoms with van der Waals surface area (Å²) in [5, 5.41) is 4.68. The second-order valence-electron chi connectivity index (χ2n) is 12.6. The van der Waals surface area contributed by atoms with Gasteiger partial charge in [0.05, 0.1) is 23.4 Å². The SMILES string of the molecule is CCC(=O)CCCCCCc1ncc(Cc2cc(NC3=NCC(C(C)=O)S3)nc(C)n2)[nH]1.CN1CC(C(N)=O)C1.Cc1cccc(Cl)c1C. The van der Waals surface area contributed by atoms with Crippen LogP contribution in [0.4, 0.5) is 5.82 Å². The highest BCUT2D eigenvalue weighted by Gasteiger charge is 2.27. The number of carbonyl (C=O) groups is 3. The van der Waals surface area contributed by atoms with Crippen LogP contribution in [-0.2, 0) is 27.2 Å². The number of aromatic nitrogens is 4. The summed E-state index contributed by atoms with van der Waals surface area (Å²) in [4.78, 5) is 56.5. The van der Waals surface area contributed by atoms with Crippen LogP contribution < -0.4 is 11.1 Å². The first-order valence-electron chi connectivity index (χ1n) is 16.9. The summed E-state index contributed by atoms with van der Waals surface area (Å²) in [5.74, 6) is 2.80. The second kappa shape index (κ2) is 20.2. The Morgan fingerprint density at radius 3 is 2.43 bits per heavy atom. The molecule has 0 aliphatic carbocycles. The van der Waals surface area contributed by atoms with Crippen LogP contribution in [-0.4, -0.2) is 79.4 Å². The van der Waals surface area contributed by atoms with Crippen molar-refractivity contribution >= 4 is 51.8 Å². The molecular formula is C36H51ClN8O3S. The van der Waals surface area contributed by atoms with Gasteiger partial charge in [0.25, 0.3) is 0 Å². The largest absolute Gasteiger partial charge is 0.369 e. The number of unbranched alkanes of at least 4 members (excludes halogenated alkanes) is 3. The van der Waals surface area contributed by atoms with Crippen molar-refractivity contribution in [3.05, 3.63) is 69.6 Å². The first-order valence-corrected chi connectivity index (χ1v) is 18.2. The molecule has 5 rings (SSSR count). The van der Waals surface area contributed by atoms with Gasteiger partial charge in [0.2, 0.25) is 5.91 Å². The van der Waals surface area contributed by atoms with E-state index in [-0.39, 0.29) is 22.9 Å². The molecule has 0 bridgehead atoms. The third-order valence-electron chi connectivity index (χ3n) is 8.31. The molecule has 0 saturated carbocycles. The van der Waals surface area contributed by atoms with E-state index in [4.69, 9.17) is 17.3 Å². The van der Waals surface area contributed by atoms with Gasteiger partial charge in [0, 0.05) is 61.8 Å². The van der Waals surface area contributed by atoms with E-state index in [1.54, 1.807) is 6.92 Å². The van der Waals surface area contributed by atoms with Crippen molar-refractivity contribution in [2.24, 2.45) is 16.6 Å². The Kier molecular flexibility index (Phi) is 16.4. The van der Waals surface area contributed by atoms with Gasteiger partial charge in [-0.1, -0.05) is 55.3 Å². The number of hydrogen-bond acceptors (Lipinski definition) is 10. The summed E-state index contributed by atoms with van der Waals surface area (Å²) < 4.78 is 0. The molecule has 3 aromatic rings. The zero-order valence-electron chi connectivity index (χ0n) is 29.6. The van der Waals surface area contributed by atoms with Gasteiger partial charge in [-0.05, 0) is 64.8 Å². The van der Waals surface area contributed by atoms with E-state index < -0.39 is 0 Å². The maximum Gasteiger partial charge on any atom is 0.223 e. The molecule has 49 heavy (non-hydrogen) atoms. The van der Waals surface area contributed by atoms with Crippen molar-refractivity contribution in [2.45, 2.75) is 91.2 Å². The summed E-state index contributed by atoms with van der Waals surface area (Å²) in [6.07, 6.45) is 9.02. The molecule has 2 aromatic heterocycles. The van der Waals surface area contributed by atoms with Gasteiger partial charge in [-0.15, -0.1) is 0 Å². The zero-order valence-corrected chi connectivity index (χ0v) is 31.2. The summed E-state index contributed by atoms with van der Waals surface area (Å²) >= 11 is 7.26. The molecule has 1 amide bonds. The number of Topliss-reactive ketones (excluding diaryl/α,β-unsaturated/α-hetero) is 2. The Hall–Kier alpha value is -3.61. The van der Waals surface area contributed by atoms with Gasteiger partial charge in [-0.3, -0.25) is 19.4 Å². The molecule has 11 nitrogen and oxygen atoms in total. The first kappa shape index (κ1) is 39.8. The number of nitrogens with one attached hydrogen (secondary N) is 2. The average molecular weight is 711 g/mol. The second-order valence-corrected chi connectivity index (χ2v) is 14.2. The first-order chi connectivity index (χ1) is 23.3. The number of ketones is 2. The molecule has 4 N–H and O–H groups in total. The summed E-state index contributed by atoms with van der Waals surface area (Å²) in [5.41, 5.74) is 9.33. The number of nitrogens with zero attached hydrogens (tertiary/aromatic N) is 5. The molecule has 1 aromatic carbocycles. The Balaban J connectivity index is 0.000000309. The van der Waals surface area contributed by atoms with E-state index in [0.717, 1.165) is 72.6 Å². The van der Waals surface area contributed by atoms with Gasteiger partial charge in [0.1, 0.15) is 29.0 Å². The number of primary amides is 1. The third-order valence-corrected chi connectivity index (χ3v) is 9.93.